The van der Waals surface area contributed by atoms with Crippen LogP contribution < -0.4 is 0 Å². The standard InChI is InChI=1S/C16H19/c1-2-3-4-5-8-14-11-12-15-9-6-7-10-16(15)13-14/h6-7,9-11,13H,2-5,8H2,1H3. The molecule has 0 aliphatic carbocycles. The summed E-state index contributed by atoms with van der Waals surface area (Å²) in [6.07, 6.45) is 6.52. The molecule has 0 nitrogen and oxygen atoms in total. The van der Waals surface area contributed by atoms with Crippen molar-refractivity contribution in [1.82, 2.24) is 0 Å². The summed E-state index contributed by atoms with van der Waals surface area (Å²) in [5.74, 6) is 0. The summed E-state index contributed by atoms with van der Waals surface area (Å²) in [7, 11) is 0. The minimum Gasteiger partial charge on any atom is -0.0654 e. The zero-order valence-corrected chi connectivity index (χ0v) is 10.00. The second kappa shape index (κ2) is 5.69. The first kappa shape index (κ1) is 11.2. The van der Waals surface area contributed by atoms with Crippen LogP contribution in [0.4, 0.5) is 0 Å². The van der Waals surface area contributed by atoms with Gasteiger partial charge in [0.25, 0.3) is 0 Å². The highest BCUT2D eigenvalue weighted by Crippen LogP contribution is 2.16. The molecule has 0 saturated carbocycles. The number of rotatable bonds is 5. The van der Waals surface area contributed by atoms with Crippen molar-refractivity contribution in [2.24, 2.45) is 0 Å². The van der Waals surface area contributed by atoms with Crippen LogP contribution >= 0.6 is 0 Å². The molecule has 0 aromatic heterocycles. The van der Waals surface area contributed by atoms with Gasteiger partial charge in [-0.15, -0.1) is 0 Å². The van der Waals surface area contributed by atoms with E-state index in [1.165, 1.54) is 48.4 Å². The van der Waals surface area contributed by atoms with Crippen molar-refractivity contribution in [3.05, 3.63) is 48.0 Å². The zero-order valence-electron chi connectivity index (χ0n) is 10.00. The molecule has 0 atom stereocenters. The Balaban J connectivity index is 2.02. The fourth-order valence-electron chi connectivity index (χ4n) is 2.07. The lowest BCUT2D eigenvalue weighted by Gasteiger charge is -2.03. The van der Waals surface area contributed by atoms with Gasteiger partial charge in [0.15, 0.2) is 0 Å². The minimum atomic E-state index is 1.20. The van der Waals surface area contributed by atoms with Crippen molar-refractivity contribution < 1.29 is 0 Å². The van der Waals surface area contributed by atoms with E-state index in [1.54, 1.807) is 0 Å². The maximum atomic E-state index is 3.36. The highest BCUT2D eigenvalue weighted by Gasteiger charge is 1.96. The Labute approximate surface area is 98.3 Å². The van der Waals surface area contributed by atoms with Crippen LogP contribution in [0.2, 0.25) is 0 Å². The molecule has 83 valence electrons. The molecule has 1 radical (unpaired) electrons. The Morgan fingerprint density at radius 1 is 1.06 bits per heavy atom. The molecule has 0 amide bonds. The molecule has 0 heterocycles. The van der Waals surface area contributed by atoms with Gasteiger partial charge in [-0.2, -0.15) is 0 Å². The lowest BCUT2D eigenvalue weighted by Crippen LogP contribution is -1.86. The van der Waals surface area contributed by atoms with Gasteiger partial charge in [-0.05, 0) is 35.2 Å². The predicted octanol–water partition coefficient (Wildman–Crippen LogP) is 4.76. The number of fused-ring (bicyclic) bond motifs is 1. The highest BCUT2D eigenvalue weighted by molar-refractivity contribution is 5.82. The van der Waals surface area contributed by atoms with E-state index >= 15 is 0 Å². The summed E-state index contributed by atoms with van der Waals surface area (Å²) < 4.78 is 0. The van der Waals surface area contributed by atoms with Crippen LogP contribution in [-0.4, -0.2) is 0 Å². The lowest BCUT2D eigenvalue weighted by atomic mass is 10.0. The molecule has 2 rings (SSSR count). The van der Waals surface area contributed by atoms with Gasteiger partial charge in [-0.1, -0.05) is 62.6 Å². The molecule has 0 unspecified atom stereocenters. The molecule has 0 N–H and O–H groups in total. The first-order valence-corrected chi connectivity index (χ1v) is 6.29. The van der Waals surface area contributed by atoms with Gasteiger partial charge in [0.1, 0.15) is 0 Å². The fourth-order valence-corrected chi connectivity index (χ4v) is 2.07. The second-order valence-corrected chi connectivity index (χ2v) is 4.41. The predicted molar refractivity (Wildman–Crippen MR) is 70.6 cm³/mol. The molecule has 0 aliphatic rings. The maximum absolute atomic E-state index is 3.36. The van der Waals surface area contributed by atoms with E-state index < -0.39 is 0 Å². The normalized spacial score (nSPS) is 10.8. The van der Waals surface area contributed by atoms with Gasteiger partial charge in [-0.3, -0.25) is 0 Å². The number of aryl methyl sites for hydroxylation is 1. The van der Waals surface area contributed by atoms with Crippen molar-refractivity contribution in [3.8, 4) is 0 Å². The molecular formula is C16H19. The van der Waals surface area contributed by atoms with Gasteiger partial charge in [0.2, 0.25) is 0 Å². The molecule has 0 saturated heterocycles. The van der Waals surface area contributed by atoms with Crippen molar-refractivity contribution >= 4 is 10.8 Å². The first-order chi connectivity index (χ1) is 7.90. The highest BCUT2D eigenvalue weighted by atomic mass is 14.0. The van der Waals surface area contributed by atoms with E-state index in [9.17, 15) is 0 Å². The van der Waals surface area contributed by atoms with Gasteiger partial charge < -0.3 is 0 Å². The molecule has 16 heavy (non-hydrogen) atoms. The summed E-state index contributed by atoms with van der Waals surface area (Å²) in [6.45, 7) is 2.25. The van der Waals surface area contributed by atoms with Crippen LogP contribution in [0.25, 0.3) is 10.8 Å². The van der Waals surface area contributed by atoms with Crippen LogP contribution in [0.5, 0.6) is 0 Å². The number of hydrogen-bond acceptors (Lipinski definition) is 0. The third-order valence-corrected chi connectivity index (χ3v) is 3.03. The van der Waals surface area contributed by atoms with E-state index in [2.05, 4.69) is 49.4 Å². The molecule has 2 aromatic carbocycles. The summed E-state index contributed by atoms with van der Waals surface area (Å²) in [6, 6.07) is 16.3. The Morgan fingerprint density at radius 3 is 2.81 bits per heavy atom. The van der Waals surface area contributed by atoms with Gasteiger partial charge in [0.05, 0.1) is 0 Å². The van der Waals surface area contributed by atoms with Crippen LogP contribution in [0.3, 0.4) is 0 Å². The second-order valence-electron chi connectivity index (χ2n) is 4.41. The van der Waals surface area contributed by atoms with Crippen LogP contribution in [0.15, 0.2) is 36.4 Å². The quantitative estimate of drug-likeness (QED) is 0.625. The number of hydrogen-bond donors (Lipinski definition) is 0. The Kier molecular flexibility index (Phi) is 3.98. The number of unbranched alkanes of at least 4 members (excludes halogenated alkanes) is 3. The minimum absolute atomic E-state index is 1.20. The average molecular weight is 211 g/mol. The maximum Gasteiger partial charge on any atom is -0.00963 e. The fraction of sp³-hybridized carbons (Fsp3) is 0.375. The molecule has 0 fully saturated rings. The summed E-state index contributed by atoms with van der Waals surface area (Å²) >= 11 is 0. The smallest absolute Gasteiger partial charge is 0.00963 e. The molecule has 0 bridgehead atoms. The molecule has 0 heteroatoms. The molecule has 2 aromatic rings. The van der Waals surface area contributed by atoms with Crippen molar-refractivity contribution in [3.63, 3.8) is 0 Å². The van der Waals surface area contributed by atoms with E-state index in [0.29, 0.717) is 0 Å². The SMILES string of the molecule is CCCCCCc1c[c]c2ccccc2c1. The summed E-state index contributed by atoms with van der Waals surface area (Å²) in [5.41, 5.74) is 1.43. The van der Waals surface area contributed by atoms with E-state index in [0.717, 1.165) is 0 Å². The monoisotopic (exact) mass is 211 g/mol. The third-order valence-electron chi connectivity index (χ3n) is 3.03. The van der Waals surface area contributed by atoms with Crippen molar-refractivity contribution in [2.75, 3.05) is 0 Å². The van der Waals surface area contributed by atoms with Crippen LogP contribution in [0.1, 0.15) is 38.2 Å². The van der Waals surface area contributed by atoms with Gasteiger partial charge >= 0.3 is 0 Å². The molecule has 0 aliphatic heterocycles. The largest absolute Gasteiger partial charge is 0.0654 e. The Bertz CT molecular complexity index is 442. The summed E-state index contributed by atoms with van der Waals surface area (Å²) in [4.78, 5) is 0. The van der Waals surface area contributed by atoms with E-state index in [4.69, 9.17) is 0 Å². The van der Waals surface area contributed by atoms with E-state index in [1.807, 2.05) is 0 Å². The van der Waals surface area contributed by atoms with Gasteiger partial charge in [-0.25, -0.2) is 0 Å². The Morgan fingerprint density at radius 2 is 1.94 bits per heavy atom. The Hall–Kier alpha value is -1.30. The first-order valence-electron chi connectivity index (χ1n) is 6.29. The zero-order chi connectivity index (χ0) is 11.2. The van der Waals surface area contributed by atoms with Crippen LogP contribution in [-0.2, 0) is 6.42 Å². The molecule has 0 spiro atoms. The number of benzene rings is 2. The van der Waals surface area contributed by atoms with Crippen LogP contribution in [0, 0.1) is 6.07 Å². The lowest BCUT2D eigenvalue weighted by molar-refractivity contribution is 0.667. The molecular weight excluding hydrogens is 192 g/mol. The van der Waals surface area contributed by atoms with Crippen molar-refractivity contribution in [2.45, 2.75) is 39.0 Å². The van der Waals surface area contributed by atoms with Crippen molar-refractivity contribution in [1.29, 1.82) is 0 Å². The topological polar surface area (TPSA) is 0 Å². The average Bonchev–Trinajstić information content (AvgIpc) is 2.34. The van der Waals surface area contributed by atoms with E-state index in [-0.39, 0.29) is 0 Å². The van der Waals surface area contributed by atoms with Gasteiger partial charge in [0, 0.05) is 0 Å². The third kappa shape index (κ3) is 2.85. The summed E-state index contributed by atoms with van der Waals surface area (Å²) in [5, 5.41) is 2.54.